The van der Waals surface area contributed by atoms with Gasteiger partial charge in [-0.25, -0.2) is 0 Å². The number of nitriles is 1. The predicted molar refractivity (Wildman–Crippen MR) is 88.1 cm³/mol. The van der Waals surface area contributed by atoms with Crippen molar-refractivity contribution in [3.05, 3.63) is 11.7 Å². The van der Waals surface area contributed by atoms with Crippen molar-refractivity contribution < 1.29 is 9.32 Å². The highest BCUT2D eigenvalue weighted by molar-refractivity contribution is 5.85. The first-order valence-corrected chi connectivity index (χ1v) is 9.10. The van der Waals surface area contributed by atoms with E-state index in [-0.39, 0.29) is 17.7 Å². The zero-order valence-corrected chi connectivity index (χ0v) is 14.6. The summed E-state index contributed by atoms with van der Waals surface area (Å²) in [7, 11) is 0. The first-order valence-electron chi connectivity index (χ1n) is 9.10. The van der Waals surface area contributed by atoms with Crippen LogP contribution in [0.3, 0.4) is 0 Å². The fraction of sp³-hybridized carbons (Fsp3) is 0.778. The third-order valence-corrected chi connectivity index (χ3v) is 5.36. The molecule has 6 nitrogen and oxygen atoms in total. The Labute approximate surface area is 143 Å². The number of hydrogen-bond acceptors (Lipinski definition) is 5. The Morgan fingerprint density at radius 2 is 2.08 bits per heavy atom. The number of hydrogen-bond donors (Lipinski definition) is 0. The van der Waals surface area contributed by atoms with Gasteiger partial charge in [-0.1, -0.05) is 38.3 Å². The van der Waals surface area contributed by atoms with Crippen molar-refractivity contribution in [1.29, 1.82) is 5.26 Å². The monoisotopic (exact) mass is 330 g/mol. The van der Waals surface area contributed by atoms with Crippen LogP contribution in [0.2, 0.25) is 0 Å². The highest BCUT2D eigenvalue weighted by Crippen LogP contribution is 2.39. The van der Waals surface area contributed by atoms with Crippen molar-refractivity contribution in [2.45, 2.75) is 70.6 Å². The van der Waals surface area contributed by atoms with E-state index in [1.807, 2.05) is 18.7 Å². The lowest BCUT2D eigenvalue weighted by Crippen LogP contribution is -2.48. The molecule has 130 valence electrons. The molecule has 2 fully saturated rings. The van der Waals surface area contributed by atoms with E-state index in [9.17, 15) is 10.1 Å². The summed E-state index contributed by atoms with van der Waals surface area (Å²) >= 11 is 0. The van der Waals surface area contributed by atoms with Crippen LogP contribution in [0, 0.1) is 16.7 Å². The summed E-state index contributed by atoms with van der Waals surface area (Å²) in [6.45, 7) is 5.37. The maximum Gasteiger partial charge on any atom is 0.243 e. The number of aromatic nitrogens is 2. The van der Waals surface area contributed by atoms with E-state index in [4.69, 9.17) is 4.52 Å². The zero-order valence-electron chi connectivity index (χ0n) is 14.6. The molecule has 0 N–H and O–H groups in total. The highest BCUT2D eigenvalue weighted by atomic mass is 16.5. The molecular formula is C18H26N4O2. The molecular weight excluding hydrogens is 304 g/mol. The molecule has 1 aliphatic heterocycles. The second-order valence-electron chi connectivity index (χ2n) is 7.49. The Bertz CT molecular complexity index is 625. The Morgan fingerprint density at radius 1 is 1.33 bits per heavy atom. The van der Waals surface area contributed by atoms with E-state index in [2.05, 4.69) is 16.2 Å². The van der Waals surface area contributed by atoms with Gasteiger partial charge in [0.1, 0.15) is 5.41 Å². The number of carbonyl (C=O) groups is 1. The molecule has 3 rings (SSSR count). The van der Waals surface area contributed by atoms with Gasteiger partial charge in [-0.3, -0.25) is 4.79 Å². The number of piperidine rings is 1. The van der Waals surface area contributed by atoms with Gasteiger partial charge >= 0.3 is 0 Å². The van der Waals surface area contributed by atoms with Crippen LogP contribution in [0.15, 0.2) is 4.52 Å². The number of nitrogens with zero attached hydrogens (tertiary/aromatic N) is 4. The van der Waals surface area contributed by atoms with E-state index in [0.717, 1.165) is 38.6 Å². The third kappa shape index (κ3) is 3.17. The van der Waals surface area contributed by atoms with Crippen LogP contribution in [-0.4, -0.2) is 34.0 Å². The van der Waals surface area contributed by atoms with Crippen molar-refractivity contribution in [3.63, 3.8) is 0 Å². The van der Waals surface area contributed by atoms with Crippen LogP contribution in [0.5, 0.6) is 0 Å². The van der Waals surface area contributed by atoms with Crippen molar-refractivity contribution in [2.75, 3.05) is 13.1 Å². The quantitative estimate of drug-likeness (QED) is 0.848. The molecule has 1 atom stereocenters. The molecule has 0 aromatic carbocycles. The molecule has 1 aromatic heterocycles. The minimum absolute atomic E-state index is 0.0157. The fourth-order valence-corrected chi connectivity index (χ4v) is 3.85. The van der Waals surface area contributed by atoms with Crippen LogP contribution in [0.25, 0.3) is 0 Å². The molecule has 0 spiro atoms. The standard InChI is InChI=1S/C18H26N4O2/c1-13(2)16-20-15(21-24-16)14-7-6-10-22(11-14)17(23)18(12-19)8-4-3-5-9-18/h13-14H,3-11H2,1-2H3/t14-/m0/s1. The Hall–Kier alpha value is -1.90. The number of amides is 1. The second-order valence-corrected chi connectivity index (χ2v) is 7.49. The number of carbonyl (C=O) groups excluding carboxylic acids is 1. The van der Waals surface area contributed by atoms with Crippen LogP contribution in [0.1, 0.15) is 82.3 Å². The minimum atomic E-state index is -0.805. The topological polar surface area (TPSA) is 83.0 Å². The van der Waals surface area contributed by atoms with Crippen molar-refractivity contribution >= 4 is 5.91 Å². The average Bonchev–Trinajstić information content (AvgIpc) is 3.12. The first-order chi connectivity index (χ1) is 11.6. The van der Waals surface area contributed by atoms with Gasteiger partial charge in [-0.2, -0.15) is 10.2 Å². The Balaban J connectivity index is 1.72. The van der Waals surface area contributed by atoms with E-state index < -0.39 is 5.41 Å². The number of rotatable bonds is 3. The molecule has 1 amide bonds. The Morgan fingerprint density at radius 3 is 2.71 bits per heavy atom. The summed E-state index contributed by atoms with van der Waals surface area (Å²) in [5.41, 5.74) is -0.805. The van der Waals surface area contributed by atoms with Gasteiger partial charge in [-0.05, 0) is 25.7 Å². The van der Waals surface area contributed by atoms with Crippen LogP contribution >= 0.6 is 0 Å². The highest BCUT2D eigenvalue weighted by Gasteiger charge is 2.43. The van der Waals surface area contributed by atoms with Crippen molar-refractivity contribution in [3.8, 4) is 6.07 Å². The molecule has 2 aliphatic rings. The molecule has 1 saturated heterocycles. The molecule has 0 unspecified atom stereocenters. The van der Waals surface area contributed by atoms with E-state index in [1.165, 1.54) is 0 Å². The van der Waals surface area contributed by atoms with Gasteiger partial charge in [0.15, 0.2) is 5.82 Å². The van der Waals surface area contributed by atoms with Gasteiger partial charge in [-0.15, -0.1) is 0 Å². The second kappa shape index (κ2) is 6.92. The predicted octanol–water partition coefficient (Wildman–Crippen LogP) is 3.37. The van der Waals surface area contributed by atoms with Crippen LogP contribution in [0.4, 0.5) is 0 Å². The summed E-state index contributed by atoms with van der Waals surface area (Å²) in [5, 5.41) is 13.8. The molecule has 24 heavy (non-hydrogen) atoms. The van der Waals surface area contributed by atoms with Crippen molar-refractivity contribution in [2.24, 2.45) is 5.41 Å². The smallest absolute Gasteiger partial charge is 0.243 e. The molecule has 0 radical (unpaired) electrons. The molecule has 6 heteroatoms. The van der Waals surface area contributed by atoms with E-state index in [1.54, 1.807) is 0 Å². The summed E-state index contributed by atoms with van der Waals surface area (Å²) in [5.74, 6) is 1.68. The van der Waals surface area contributed by atoms with Crippen LogP contribution in [-0.2, 0) is 4.79 Å². The lowest BCUT2D eigenvalue weighted by molar-refractivity contribution is -0.141. The Kier molecular flexibility index (Phi) is 4.88. The van der Waals surface area contributed by atoms with Crippen molar-refractivity contribution in [1.82, 2.24) is 15.0 Å². The molecule has 1 saturated carbocycles. The number of likely N-dealkylation sites (tertiary alicyclic amines) is 1. The van der Waals surface area contributed by atoms with Crippen LogP contribution < -0.4 is 0 Å². The molecule has 1 aromatic rings. The molecule has 0 bridgehead atoms. The maximum absolute atomic E-state index is 13.0. The normalized spacial score (nSPS) is 23.9. The van der Waals surface area contributed by atoms with Gasteiger partial charge in [0, 0.05) is 24.9 Å². The largest absolute Gasteiger partial charge is 0.341 e. The third-order valence-electron chi connectivity index (χ3n) is 5.36. The summed E-state index contributed by atoms with van der Waals surface area (Å²) in [4.78, 5) is 19.4. The SMILES string of the molecule is CC(C)c1nc([C@H]2CCCN(C(=O)C3(C#N)CCCCC3)C2)no1. The lowest BCUT2D eigenvalue weighted by Gasteiger charge is -2.38. The van der Waals surface area contributed by atoms with E-state index >= 15 is 0 Å². The fourth-order valence-electron chi connectivity index (χ4n) is 3.85. The first kappa shape index (κ1) is 16.9. The van der Waals surface area contributed by atoms with E-state index in [0.29, 0.717) is 31.1 Å². The molecule has 1 aliphatic carbocycles. The lowest BCUT2D eigenvalue weighted by atomic mass is 9.74. The van der Waals surface area contributed by atoms with Gasteiger partial charge in [0.05, 0.1) is 6.07 Å². The average molecular weight is 330 g/mol. The zero-order chi connectivity index (χ0) is 17.2. The van der Waals surface area contributed by atoms with Gasteiger partial charge in [0.2, 0.25) is 11.8 Å². The summed E-state index contributed by atoms with van der Waals surface area (Å²) in [6.07, 6.45) is 6.34. The maximum atomic E-state index is 13.0. The minimum Gasteiger partial charge on any atom is -0.341 e. The molecule has 2 heterocycles. The van der Waals surface area contributed by atoms with Gasteiger partial charge < -0.3 is 9.42 Å². The van der Waals surface area contributed by atoms with Gasteiger partial charge in [0.25, 0.3) is 0 Å². The summed E-state index contributed by atoms with van der Waals surface area (Å²) < 4.78 is 5.32. The summed E-state index contributed by atoms with van der Waals surface area (Å²) in [6, 6.07) is 2.35.